The zero-order chi connectivity index (χ0) is 11.4. The van der Waals surface area contributed by atoms with Gasteiger partial charge >= 0.3 is 0 Å². The van der Waals surface area contributed by atoms with E-state index in [1.165, 1.54) is 5.56 Å². The summed E-state index contributed by atoms with van der Waals surface area (Å²) >= 11 is 0. The van der Waals surface area contributed by atoms with E-state index >= 15 is 0 Å². The lowest BCUT2D eigenvalue weighted by atomic mass is 9.86. The second-order valence-electron chi connectivity index (χ2n) is 4.82. The Bertz CT molecular complexity index is 310. The highest BCUT2D eigenvalue weighted by Gasteiger charge is 2.27. The van der Waals surface area contributed by atoms with Crippen LogP contribution in [-0.4, -0.2) is 17.3 Å². The van der Waals surface area contributed by atoms with Gasteiger partial charge in [-0.3, -0.25) is 0 Å². The molecule has 0 saturated heterocycles. The van der Waals surface area contributed by atoms with Gasteiger partial charge in [0.15, 0.2) is 0 Å². The molecule has 2 rings (SSSR count). The SMILES string of the molecule is CC1CCC(O)C(OCc2ccccc2)C1. The Balaban J connectivity index is 1.85. The molecular formula is C14H20O2. The van der Waals surface area contributed by atoms with E-state index in [2.05, 4.69) is 19.1 Å². The third-order valence-corrected chi connectivity index (χ3v) is 3.33. The average Bonchev–Trinajstić information content (AvgIpc) is 2.32. The normalized spacial score (nSPS) is 30.2. The molecule has 88 valence electrons. The van der Waals surface area contributed by atoms with Crippen LogP contribution in [0.3, 0.4) is 0 Å². The molecule has 1 aliphatic carbocycles. The first-order valence-electron chi connectivity index (χ1n) is 6.09. The Morgan fingerprint density at radius 3 is 2.75 bits per heavy atom. The Morgan fingerprint density at radius 1 is 1.25 bits per heavy atom. The number of hydrogen-bond donors (Lipinski definition) is 1. The van der Waals surface area contributed by atoms with Gasteiger partial charge in [-0.05, 0) is 30.7 Å². The second kappa shape index (κ2) is 5.46. The molecule has 2 heteroatoms. The van der Waals surface area contributed by atoms with Gasteiger partial charge in [0.2, 0.25) is 0 Å². The quantitative estimate of drug-likeness (QED) is 0.848. The summed E-state index contributed by atoms with van der Waals surface area (Å²) in [7, 11) is 0. The van der Waals surface area contributed by atoms with Crippen LogP contribution in [0.5, 0.6) is 0 Å². The molecule has 1 aromatic carbocycles. The van der Waals surface area contributed by atoms with E-state index < -0.39 is 0 Å². The van der Waals surface area contributed by atoms with E-state index in [-0.39, 0.29) is 12.2 Å². The molecule has 1 N–H and O–H groups in total. The van der Waals surface area contributed by atoms with Crippen molar-refractivity contribution in [3.8, 4) is 0 Å². The van der Waals surface area contributed by atoms with Crippen LogP contribution in [-0.2, 0) is 11.3 Å². The van der Waals surface area contributed by atoms with Crippen LogP contribution in [0.2, 0.25) is 0 Å². The first-order valence-corrected chi connectivity index (χ1v) is 6.09. The number of benzene rings is 1. The van der Waals surface area contributed by atoms with Crippen molar-refractivity contribution in [1.82, 2.24) is 0 Å². The molecule has 0 amide bonds. The van der Waals surface area contributed by atoms with Crippen molar-refractivity contribution >= 4 is 0 Å². The van der Waals surface area contributed by atoms with Gasteiger partial charge in [0.05, 0.1) is 18.8 Å². The van der Waals surface area contributed by atoms with E-state index in [9.17, 15) is 5.11 Å². The molecule has 0 aromatic heterocycles. The maximum atomic E-state index is 9.84. The number of aliphatic hydroxyl groups is 1. The Labute approximate surface area is 97.3 Å². The van der Waals surface area contributed by atoms with Gasteiger partial charge < -0.3 is 9.84 Å². The lowest BCUT2D eigenvalue weighted by Crippen LogP contribution is -2.35. The molecule has 0 radical (unpaired) electrons. The predicted molar refractivity (Wildman–Crippen MR) is 64.0 cm³/mol. The molecule has 0 spiro atoms. The monoisotopic (exact) mass is 220 g/mol. The Hall–Kier alpha value is -0.860. The van der Waals surface area contributed by atoms with Gasteiger partial charge in [-0.25, -0.2) is 0 Å². The third kappa shape index (κ3) is 3.06. The number of ether oxygens (including phenoxy) is 1. The summed E-state index contributed by atoms with van der Waals surface area (Å²) in [6, 6.07) is 10.1. The van der Waals surface area contributed by atoms with Crippen molar-refractivity contribution in [2.24, 2.45) is 5.92 Å². The average molecular weight is 220 g/mol. The van der Waals surface area contributed by atoms with Crippen molar-refractivity contribution in [3.63, 3.8) is 0 Å². The highest BCUT2D eigenvalue weighted by atomic mass is 16.5. The summed E-state index contributed by atoms with van der Waals surface area (Å²) in [6.45, 7) is 2.83. The minimum Gasteiger partial charge on any atom is -0.390 e. The number of aliphatic hydroxyl groups excluding tert-OH is 1. The van der Waals surface area contributed by atoms with E-state index in [4.69, 9.17) is 4.74 Å². The van der Waals surface area contributed by atoms with E-state index in [0.717, 1.165) is 19.3 Å². The molecule has 1 aliphatic rings. The number of hydrogen-bond acceptors (Lipinski definition) is 2. The molecule has 0 bridgehead atoms. The van der Waals surface area contributed by atoms with Gasteiger partial charge in [-0.1, -0.05) is 37.3 Å². The molecular weight excluding hydrogens is 200 g/mol. The summed E-state index contributed by atoms with van der Waals surface area (Å²) in [5.41, 5.74) is 1.17. The van der Waals surface area contributed by atoms with Gasteiger partial charge in [-0.15, -0.1) is 0 Å². The van der Waals surface area contributed by atoms with E-state index in [1.807, 2.05) is 18.2 Å². The zero-order valence-corrected chi connectivity index (χ0v) is 9.80. The first-order chi connectivity index (χ1) is 7.75. The topological polar surface area (TPSA) is 29.5 Å². The minimum absolute atomic E-state index is 0.0176. The highest BCUT2D eigenvalue weighted by molar-refractivity contribution is 5.13. The summed E-state index contributed by atoms with van der Waals surface area (Å²) in [6.07, 6.45) is 2.71. The van der Waals surface area contributed by atoms with E-state index in [1.54, 1.807) is 0 Å². The molecule has 0 aliphatic heterocycles. The van der Waals surface area contributed by atoms with Crippen LogP contribution in [0.4, 0.5) is 0 Å². The van der Waals surface area contributed by atoms with Gasteiger partial charge in [0, 0.05) is 0 Å². The first kappa shape index (κ1) is 11.6. The summed E-state index contributed by atoms with van der Waals surface area (Å²) in [5.74, 6) is 0.671. The van der Waals surface area contributed by atoms with E-state index in [0.29, 0.717) is 12.5 Å². The maximum Gasteiger partial charge on any atom is 0.0841 e. The Morgan fingerprint density at radius 2 is 2.00 bits per heavy atom. The van der Waals surface area contributed by atoms with Crippen LogP contribution in [0.25, 0.3) is 0 Å². The van der Waals surface area contributed by atoms with Gasteiger partial charge in [0.25, 0.3) is 0 Å². The number of rotatable bonds is 3. The minimum atomic E-state index is -0.278. The van der Waals surface area contributed by atoms with Gasteiger partial charge in [0.1, 0.15) is 0 Å². The molecule has 2 nitrogen and oxygen atoms in total. The lowest BCUT2D eigenvalue weighted by molar-refractivity contribution is -0.0765. The summed E-state index contributed by atoms with van der Waals surface area (Å²) < 4.78 is 5.80. The van der Waals surface area contributed by atoms with Crippen molar-refractivity contribution < 1.29 is 9.84 Å². The largest absolute Gasteiger partial charge is 0.390 e. The molecule has 1 saturated carbocycles. The van der Waals surface area contributed by atoms with Gasteiger partial charge in [-0.2, -0.15) is 0 Å². The van der Waals surface area contributed by atoms with Crippen LogP contribution in [0.1, 0.15) is 31.7 Å². The fourth-order valence-electron chi connectivity index (χ4n) is 2.27. The van der Waals surface area contributed by atoms with Crippen LogP contribution in [0, 0.1) is 5.92 Å². The Kier molecular flexibility index (Phi) is 3.97. The van der Waals surface area contributed by atoms with Crippen LogP contribution in [0.15, 0.2) is 30.3 Å². The van der Waals surface area contributed by atoms with Crippen molar-refractivity contribution in [2.45, 2.75) is 45.0 Å². The molecule has 3 unspecified atom stereocenters. The lowest BCUT2D eigenvalue weighted by Gasteiger charge is -2.31. The van der Waals surface area contributed by atoms with Crippen molar-refractivity contribution in [1.29, 1.82) is 0 Å². The van der Waals surface area contributed by atoms with Crippen LogP contribution >= 0.6 is 0 Å². The van der Waals surface area contributed by atoms with Crippen molar-refractivity contribution in [3.05, 3.63) is 35.9 Å². The molecule has 1 aromatic rings. The summed E-state index contributed by atoms with van der Waals surface area (Å²) in [4.78, 5) is 0. The van der Waals surface area contributed by atoms with Crippen LogP contribution < -0.4 is 0 Å². The molecule has 1 fully saturated rings. The molecule has 3 atom stereocenters. The predicted octanol–water partition coefficient (Wildman–Crippen LogP) is 2.75. The smallest absolute Gasteiger partial charge is 0.0841 e. The highest BCUT2D eigenvalue weighted by Crippen LogP contribution is 2.26. The summed E-state index contributed by atoms with van der Waals surface area (Å²) in [5, 5.41) is 9.84. The van der Waals surface area contributed by atoms with Crippen molar-refractivity contribution in [2.75, 3.05) is 0 Å². The molecule has 0 heterocycles. The zero-order valence-electron chi connectivity index (χ0n) is 9.80. The standard InChI is InChI=1S/C14H20O2/c1-11-7-8-13(15)14(9-11)16-10-12-5-3-2-4-6-12/h2-6,11,13-15H,7-10H2,1H3. The maximum absolute atomic E-state index is 9.84. The molecule has 16 heavy (non-hydrogen) atoms. The fourth-order valence-corrected chi connectivity index (χ4v) is 2.27. The third-order valence-electron chi connectivity index (χ3n) is 3.33. The second-order valence-corrected chi connectivity index (χ2v) is 4.82. The fraction of sp³-hybridized carbons (Fsp3) is 0.571.